The van der Waals surface area contributed by atoms with Crippen LogP contribution in [-0.4, -0.2) is 40.9 Å². The number of carboxylic acids is 1. The lowest BCUT2D eigenvalue weighted by molar-refractivity contribution is -0.145. The number of imide groups is 1. The van der Waals surface area contributed by atoms with Crippen molar-refractivity contribution in [2.75, 3.05) is 13.2 Å². The number of halogens is 4. The van der Waals surface area contributed by atoms with E-state index in [9.17, 15) is 31.9 Å². The van der Waals surface area contributed by atoms with E-state index in [1.807, 2.05) is 0 Å². The van der Waals surface area contributed by atoms with E-state index in [0.29, 0.717) is 16.9 Å². The highest BCUT2D eigenvalue weighted by molar-refractivity contribution is 6.27. The van der Waals surface area contributed by atoms with E-state index in [2.05, 4.69) is 0 Å². The lowest BCUT2D eigenvalue weighted by Gasteiger charge is -2.34. The molecule has 0 radical (unpaired) electrons. The number of hydrogen-bond acceptors (Lipinski definition) is 5. The van der Waals surface area contributed by atoms with Gasteiger partial charge in [0.2, 0.25) is 5.91 Å². The fourth-order valence-electron chi connectivity index (χ4n) is 5.34. The van der Waals surface area contributed by atoms with Gasteiger partial charge in [0.05, 0.1) is 18.1 Å². The number of aliphatic carboxylic acids is 1. The van der Waals surface area contributed by atoms with Gasteiger partial charge in [0.15, 0.2) is 0 Å². The van der Waals surface area contributed by atoms with Crippen molar-refractivity contribution in [1.29, 1.82) is 0 Å². The number of amides is 2. The van der Waals surface area contributed by atoms with Crippen molar-refractivity contribution in [3.63, 3.8) is 0 Å². The van der Waals surface area contributed by atoms with Crippen LogP contribution in [0.3, 0.4) is 0 Å². The molecule has 0 spiro atoms. The SMILES string of the molecule is CC1=C(c2ccccc2)C(=O)N(CC[C@H](N)c2ccccc2OCCCC(=O)O)C(=O)C1Cc1c(F)cccc1C(F)(F)F. The Morgan fingerprint density at radius 2 is 1.70 bits per heavy atom. The van der Waals surface area contributed by atoms with Gasteiger partial charge >= 0.3 is 12.1 Å². The molecule has 0 aliphatic carbocycles. The summed E-state index contributed by atoms with van der Waals surface area (Å²) in [5, 5.41) is 8.85. The van der Waals surface area contributed by atoms with Crippen molar-refractivity contribution >= 4 is 23.4 Å². The summed E-state index contributed by atoms with van der Waals surface area (Å²) >= 11 is 0. The fraction of sp³-hybridized carbons (Fsp3) is 0.303. The summed E-state index contributed by atoms with van der Waals surface area (Å²) in [6.45, 7) is 1.49. The predicted molar refractivity (Wildman–Crippen MR) is 155 cm³/mol. The van der Waals surface area contributed by atoms with Crippen molar-refractivity contribution in [2.24, 2.45) is 11.7 Å². The molecule has 0 bridgehead atoms. The van der Waals surface area contributed by atoms with E-state index in [4.69, 9.17) is 15.6 Å². The van der Waals surface area contributed by atoms with Gasteiger partial charge in [-0.1, -0.05) is 54.6 Å². The van der Waals surface area contributed by atoms with Crippen molar-refractivity contribution < 1.29 is 41.8 Å². The quantitative estimate of drug-likeness (QED) is 0.144. The van der Waals surface area contributed by atoms with Crippen LogP contribution in [0.25, 0.3) is 5.57 Å². The minimum atomic E-state index is -4.85. The van der Waals surface area contributed by atoms with Gasteiger partial charge < -0.3 is 15.6 Å². The second-order valence-electron chi connectivity index (χ2n) is 10.5. The van der Waals surface area contributed by atoms with Gasteiger partial charge in [-0.25, -0.2) is 4.39 Å². The summed E-state index contributed by atoms with van der Waals surface area (Å²) < 4.78 is 62.0. The Kier molecular flexibility index (Phi) is 10.2. The maximum atomic E-state index is 14.8. The van der Waals surface area contributed by atoms with Gasteiger partial charge in [-0.3, -0.25) is 19.3 Å². The Morgan fingerprint density at radius 3 is 2.39 bits per heavy atom. The number of carbonyl (C=O) groups excluding carboxylic acids is 2. The summed E-state index contributed by atoms with van der Waals surface area (Å²) in [5.41, 5.74) is 6.11. The van der Waals surface area contributed by atoms with E-state index in [1.54, 1.807) is 54.6 Å². The Balaban J connectivity index is 1.63. The number of nitrogens with two attached hydrogens (primary N) is 1. The van der Waals surface area contributed by atoms with E-state index >= 15 is 0 Å². The Labute approximate surface area is 251 Å². The number of nitrogens with zero attached hydrogens (tertiary/aromatic N) is 1. The number of carbonyl (C=O) groups is 3. The predicted octanol–water partition coefficient (Wildman–Crippen LogP) is 6.18. The molecule has 3 aromatic rings. The first kappa shape index (κ1) is 32.4. The fourth-order valence-corrected chi connectivity index (χ4v) is 5.34. The maximum absolute atomic E-state index is 14.8. The molecule has 3 aromatic carbocycles. The summed E-state index contributed by atoms with van der Waals surface area (Å²) in [7, 11) is 0. The molecule has 0 aromatic heterocycles. The number of carboxylic acid groups (broad SMARTS) is 1. The third kappa shape index (κ3) is 7.34. The number of para-hydroxylation sites is 1. The summed E-state index contributed by atoms with van der Waals surface area (Å²) in [5.74, 6) is -4.20. The first-order valence-corrected chi connectivity index (χ1v) is 14.1. The third-order valence-electron chi connectivity index (χ3n) is 7.61. The molecular weight excluding hydrogens is 580 g/mol. The molecule has 44 heavy (non-hydrogen) atoms. The molecule has 0 saturated heterocycles. The molecule has 0 saturated carbocycles. The van der Waals surface area contributed by atoms with Gasteiger partial charge in [0.1, 0.15) is 11.6 Å². The van der Waals surface area contributed by atoms with Crippen LogP contribution < -0.4 is 10.5 Å². The highest BCUT2D eigenvalue weighted by atomic mass is 19.4. The molecule has 232 valence electrons. The minimum absolute atomic E-state index is 0.0669. The molecule has 1 heterocycles. The zero-order chi connectivity index (χ0) is 32.0. The summed E-state index contributed by atoms with van der Waals surface area (Å²) in [6.07, 6.45) is -5.13. The van der Waals surface area contributed by atoms with Crippen LogP contribution >= 0.6 is 0 Å². The smallest absolute Gasteiger partial charge is 0.416 e. The van der Waals surface area contributed by atoms with Crippen LogP contribution in [0.1, 0.15) is 54.5 Å². The zero-order valence-electron chi connectivity index (χ0n) is 23.9. The molecule has 1 aliphatic heterocycles. The van der Waals surface area contributed by atoms with Gasteiger partial charge in [-0.05, 0) is 55.5 Å². The largest absolute Gasteiger partial charge is 0.493 e. The van der Waals surface area contributed by atoms with E-state index in [-0.39, 0.29) is 43.6 Å². The molecule has 1 unspecified atom stereocenters. The van der Waals surface area contributed by atoms with Gasteiger partial charge in [-0.15, -0.1) is 0 Å². The topological polar surface area (TPSA) is 110 Å². The highest BCUT2D eigenvalue weighted by Gasteiger charge is 2.42. The van der Waals surface area contributed by atoms with E-state index < -0.39 is 59.3 Å². The van der Waals surface area contributed by atoms with Crippen molar-refractivity contribution in [3.05, 3.63) is 106 Å². The van der Waals surface area contributed by atoms with Gasteiger partial charge in [0.25, 0.3) is 5.91 Å². The van der Waals surface area contributed by atoms with Gasteiger partial charge in [-0.2, -0.15) is 13.2 Å². The normalized spacial score (nSPS) is 16.3. The lowest BCUT2D eigenvalue weighted by atomic mass is 9.81. The van der Waals surface area contributed by atoms with E-state index in [1.165, 1.54) is 6.92 Å². The molecule has 1 aliphatic rings. The molecule has 3 N–H and O–H groups in total. The van der Waals surface area contributed by atoms with Crippen LogP contribution in [-0.2, 0) is 27.0 Å². The Bertz CT molecular complexity index is 1560. The second kappa shape index (κ2) is 13.9. The Morgan fingerprint density at radius 1 is 1.02 bits per heavy atom. The molecule has 4 rings (SSSR count). The molecule has 2 atom stereocenters. The van der Waals surface area contributed by atoms with Crippen molar-refractivity contribution in [2.45, 2.75) is 44.8 Å². The first-order valence-electron chi connectivity index (χ1n) is 14.1. The number of ether oxygens (including phenoxy) is 1. The average molecular weight is 613 g/mol. The lowest BCUT2D eigenvalue weighted by Crippen LogP contribution is -2.47. The van der Waals surface area contributed by atoms with Crippen LogP contribution in [0.2, 0.25) is 0 Å². The second-order valence-corrected chi connectivity index (χ2v) is 10.5. The maximum Gasteiger partial charge on any atom is 0.416 e. The highest BCUT2D eigenvalue weighted by Crippen LogP contribution is 2.39. The van der Waals surface area contributed by atoms with Crippen LogP contribution in [0, 0.1) is 11.7 Å². The summed E-state index contributed by atoms with van der Waals surface area (Å²) in [4.78, 5) is 39.3. The third-order valence-corrected chi connectivity index (χ3v) is 7.61. The monoisotopic (exact) mass is 612 g/mol. The molecule has 2 amide bonds. The van der Waals surface area contributed by atoms with E-state index in [0.717, 1.165) is 23.1 Å². The standard InChI is InChI=1S/C33H32F4N2O5/c1-20-23(19-24-25(33(35,36)37)12-7-13-26(24)34)31(42)39(32(43)30(20)21-9-3-2-4-10-21)17-16-27(38)22-11-5-6-14-28(22)44-18-8-15-29(40)41/h2-7,9-14,23,27H,8,15-19,38H2,1H3,(H,40,41)/t23?,27-/m0/s1. The molecule has 11 heteroatoms. The molecular formula is C33H32F4N2O5. The van der Waals surface area contributed by atoms with Crippen LogP contribution in [0.15, 0.2) is 78.4 Å². The summed E-state index contributed by atoms with van der Waals surface area (Å²) in [6, 6.07) is 17.2. The van der Waals surface area contributed by atoms with Gasteiger partial charge in [0, 0.05) is 35.7 Å². The number of rotatable bonds is 12. The van der Waals surface area contributed by atoms with Crippen molar-refractivity contribution in [3.8, 4) is 5.75 Å². The molecule has 0 fully saturated rings. The van der Waals surface area contributed by atoms with Crippen LogP contribution in [0.4, 0.5) is 17.6 Å². The molecule has 7 nitrogen and oxygen atoms in total. The first-order chi connectivity index (χ1) is 20.9. The minimum Gasteiger partial charge on any atom is -0.493 e. The van der Waals surface area contributed by atoms with Crippen molar-refractivity contribution in [1.82, 2.24) is 4.90 Å². The Hall–Kier alpha value is -4.51. The average Bonchev–Trinajstić information content (AvgIpc) is 2.98. The number of hydrogen-bond donors (Lipinski definition) is 2. The number of benzene rings is 3. The van der Waals surface area contributed by atoms with Crippen LogP contribution in [0.5, 0.6) is 5.75 Å². The zero-order valence-corrected chi connectivity index (χ0v) is 23.9. The number of alkyl halides is 3.